The van der Waals surface area contributed by atoms with Crippen LogP contribution in [0, 0.1) is 0 Å². The van der Waals surface area contributed by atoms with E-state index in [4.69, 9.17) is 5.73 Å². The number of allylic oxidation sites excluding steroid dienone is 2. The quantitative estimate of drug-likeness (QED) is 0.776. The molecule has 0 aromatic heterocycles. The lowest BCUT2D eigenvalue weighted by atomic mass is 9.78. The van der Waals surface area contributed by atoms with Gasteiger partial charge in [0, 0.05) is 5.56 Å². The highest BCUT2D eigenvalue weighted by Crippen LogP contribution is 2.49. The SMILES string of the molecule is NC(=O)C1=CC=C2NC=NC23C1=Nc1ccccc13. The van der Waals surface area contributed by atoms with Crippen molar-refractivity contribution in [2.75, 3.05) is 0 Å². The number of nitrogens with two attached hydrogens (primary N) is 1. The standard InChI is InChI=1S/C14H10N4O/c15-13(19)8-5-6-11-14(17-7-16-11)9-3-1-2-4-10(9)18-12(8)14/h1-7H,(H2,15,19)(H,16,17). The Morgan fingerprint density at radius 1 is 1.26 bits per heavy atom. The number of rotatable bonds is 1. The van der Waals surface area contributed by atoms with Gasteiger partial charge in [-0.1, -0.05) is 18.2 Å². The van der Waals surface area contributed by atoms with E-state index in [1.807, 2.05) is 30.3 Å². The maximum atomic E-state index is 11.6. The highest BCUT2D eigenvalue weighted by molar-refractivity contribution is 6.29. The molecule has 3 aliphatic rings. The Bertz CT molecular complexity index is 742. The molecule has 0 fully saturated rings. The Morgan fingerprint density at radius 3 is 2.95 bits per heavy atom. The smallest absolute Gasteiger partial charge is 0.250 e. The van der Waals surface area contributed by atoms with Crippen LogP contribution >= 0.6 is 0 Å². The first-order chi connectivity index (χ1) is 9.23. The fourth-order valence-corrected chi connectivity index (χ4v) is 2.85. The molecule has 1 unspecified atom stereocenters. The molecule has 0 radical (unpaired) electrons. The number of nitrogens with zero attached hydrogens (tertiary/aromatic N) is 2. The maximum absolute atomic E-state index is 11.6. The average molecular weight is 250 g/mol. The Kier molecular flexibility index (Phi) is 1.73. The van der Waals surface area contributed by atoms with Gasteiger partial charge in [-0.15, -0.1) is 0 Å². The van der Waals surface area contributed by atoms with Gasteiger partial charge >= 0.3 is 0 Å². The van der Waals surface area contributed by atoms with Gasteiger partial charge in [0.25, 0.3) is 5.91 Å². The zero-order valence-corrected chi connectivity index (χ0v) is 9.92. The van der Waals surface area contributed by atoms with E-state index in [1.54, 1.807) is 12.4 Å². The molecule has 5 heteroatoms. The Balaban J connectivity index is 2.06. The molecule has 1 amide bonds. The van der Waals surface area contributed by atoms with Gasteiger partial charge in [-0.3, -0.25) is 9.79 Å². The minimum Gasteiger partial charge on any atom is -0.366 e. The lowest BCUT2D eigenvalue weighted by Crippen LogP contribution is -2.39. The molecule has 1 aromatic rings. The molecule has 5 nitrogen and oxygen atoms in total. The third-order valence-corrected chi connectivity index (χ3v) is 3.67. The van der Waals surface area contributed by atoms with E-state index in [2.05, 4.69) is 15.3 Å². The molecule has 2 heterocycles. The zero-order valence-electron chi connectivity index (χ0n) is 9.92. The molecule has 0 bridgehead atoms. The van der Waals surface area contributed by atoms with E-state index in [0.29, 0.717) is 11.3 Å². The topological polar surface area (TPSA) is 79.8 Å². The summed E-state index contributed by atoms with van der Waals surface area (Å²) in [5.41, 5.74) is 8.48. The molecular formula is C14H10N4O. The number of carbonyl (C=O) groups excluding carboxylic acids is 1. The van der Waals surface area contributed by atoms with Gasteiger partial charge in [0.05, 0.1) is 29.0 Å². The lowest BCUT2D eigenvalue weighted by Gasteiger charge is -2.28. The predicted octanol–water partition coefficient (Wildman–Crippen LogP) is 0.909. The van der Waals surface area contributed by atoms with Crippen LogP contribution in [-0.2, 0) is 10.3 Å². The third kappa shape index (κ3) is 1.07. The van der Waals surface area contributed by atoms with Crippen LogP contribution in [0.5, 0.6) is 0 Å². The van der Waals surface area contributed by atoms with Crippen molar-refractivity contribution >= 4 is 23.6 Å². The fourth-order valence-electron chi connectivity index (χ4n) is 2.85. The van der Waals surface area contributed by atoms with Crippen LogP contribution in [0.15, 0.2) is 57.7 Å². The van der Waals surface area contributed by atoms with E-state index >= 15 is 0 Å². The molecular weight excluding hydrogens is 240 g/mol. The van der Waals surface area contributed by atoms with Gasteiger partial charge in [0.2, 0.25) is 0 Å². The van der Waals surface area contributed by atoms with Crippen molar-refractivity contribution in [1.82, 2.24) is 5.32 Å². The van der Waals surface area contributed by atoms with Crippen LogP contribution < -0.4 is 11.1 Å². The average Bonchev–Trinajstić information content (AvgIpc) is 2.97. The number of nitrogens with one attached hydrogen (secondary N) is 1. The third-order valence-electron chi connectivity index (χ3n) is 3.67. The number of carbonyl (C=O) groups is 1. The van der Waals surface area contributed by atoms with Crippen molar-refractivity contribution in [3.05, 3.63) is 53.3 Å². The number of hydrogen-bond acceptors (Lipinski definition) is 4. The van der Waals surface area contributed by atoms with Crippen LogP contribution in [0.2, 0.25) is 0 Å². The monoisotopic (exact) mass is 250 g/mol. The first-order valence-electron chi connectivity index (χ1n) is 5.95. The molecule has 0 saturated heterocycles. The molecule has 0 saturated carbocycles. The van der Waals surface area contributed by atoms with E-state index < -0.39 is 11.4 Å². The van der Waals surface area contributed by atoms with Crippen LogP contribution in [-0.4, -0.2) is 18.0 Å². The van der Waals surface area contributed by atoms with Crippen LogP contribution in [0.1, 0.15) is 5.56 Å². The maximum Gasteiger partial charge on any atom is 0.250 e. The van der Waals surface area contributed by atoms with Crippen molar-refractivity contribution in [2.24, 2.45) is 15.7 Å². The van der Waals surface area contributed by atoms with Crippen molar-refractivity contribution in [3.8, 4) is 0 Å². The van der Waals surface area contributed by atoms with Gasteiger partial charge in [-0.05, 0) is 18.2 Å². The number of primary amides is 1. The molecule has 1 atom stereocenters. The lowest BCUT2D eigenvalue weighted by molar-refractivity contribution is -0.114. The Hall–Kier alpha value is -2.69. The summed E-state index contributed by atoms with van der Waals surface area (Å²) in [6, 6.07) is 7.76. The second-order valence-corrected chi connectivity index (χ2v) is 4.62. The first-order valence-corrected chi connectivity index (χ1v) is 5.95. The highest BCUT2D eigenvalue weighted by Gasteiger charge is 2.51. The summed E-state index contributed by atoms with van der Waals surface area (Å²) in [5.74, 6) is -0.483. The molecule has 1 spiro atoms. The second-order valence-electron chi connectivity index (χ2n) is 4.62. The molecule has 3 N–H and O–H groups in total. The minimum atomic E-state index is -0.713. The van der Waals surface area contributed by atoms with Gasteiger partial charge < -0.3 is 11.1 Å². The van der Waals surface area contributed by atoms with Gasteiger partial charge in [0.15, 0.2) is 5.54 Å². The van der Waals surface area contributed by atoms with E-state index in [9.17, 15) is 4.79 Å². The highest BCUT2D eigenvalue weighted by atomic mass is 16.1. The second kappa shape index (κ2) is 3.20. The number of hydrogen-bond donors (Lipinski definition) is 2. The number of benzene rings is 1. The van der Waals surface area contributed by atoms with Crippen LogP contribution in [0.3, 0.4) is 0 Å². The first kappa shape index (κ1) is 10.3. The number of para-hydroxylation sites is 1. The summed E-state index contributed by atoms with van der Waals surface area (Å²) < 4.78 is 0. The predicted molar refractivity (Wildman–Crippen MR) is 72.2 cm³/mol. The summed E-state index contributed by atoms with van der Waals surface area (Å²) in [5, 5.41) is 3.11. The largest absolute Gasteiger partial charge is 0.366 e. The minimum absolute atomic E-state index is 0.417. The van der Waals surface area contributed by atoms with Crippen molar-refractivity contribution < 1.29 is 4.79 Å². The summed E-state index contributed by atoms with van der Waals surface area (Å²) in [4.78, 5) is 20.7. The van der Waals surface area contributed by atoms with Crippen LogP contribution in [0.4, 0.5) is 5.69 Å². The number of amides is 1. The van der Waals surface area contributed by atoms with E-state index in [-0.39, 0.29) is 0 Å². The Morgan fingerprint density at radius 2 is 2.11 bits per heavy atom. The Labute approximate surface area is 109 Å². The number of aliphatic imine (C=N–C) groups is 2. The van der Waals surface area contributed by atoms with Crippen molar-refractivity contribution in [1.29, 1.82) is 0 Å². The van der Waals surface area contributed by atoms with Crippen LogP contribution in [0.25, 0.3) is 0 Å². The number of fused-ring (bicyclic) bond motifs is 1. The van der Waals surface area contributed by atoms with E-state index in [0.717, 1.165) is 16.9 Å². The molecule has 1 aromatic carbocycles. The van der Waals surface area contributed by atoms with Gasteiger partial charge in [-0.2, -0.15) is 0 Å². The van der Waals surface area contributed by atoms with Crippen molar-refractivity contribution in [3.63, 3.8) is 0 Å². The zero-order chi connectivity index (χ0) is 13.0. The normalized spacial score (nSPS) is 25.6. The fraction of sp³-hybridized carbons (Fsp3) is 0.0714. The van der Waals surface area contributed by atoms with Crippen molar-refractivity contribution in [2.45, 2.75) is 5.54 Å². The molecule has 2 aliphatic heterocycles. The summed E-state index contributed by atoms with van der Waals surface area (Å²) in [6.45, 7) is 0. The van der Waals surface area contributed by atoms with Gasteiger partial charge in [-0.25, -0.2) is 4.99 Å². The molecule has 1 aliphatic carbocycles. The summed E-state index contributed by atoms with van der Waals surface area (Å²) in [6.07, 6.45) is 5.18. The van der Waals surface area contributed by atoms with Gasteiger partial charge in [0.1, 0.15) is 0 Å². The summed E-state index contributed by atoms with van der Waals surface area (Å²) in [7, 11) is 0. The van der Waals surface area contributed by atoms with E-state index in [1.165, 1.54) is 0 Å². The molecule has 4 rings (SSSR count). The summed E-state index contributed by atoms with van der Waals surface area (Å²) >= 11 is 0. The molecule has 19 heavy (non-hydrogen) atoms. The molecule has 92 valence electrons.